The van der Waals surface area contributed by atoms with Crippen molar-refractivity contribution in [1.29, 1.82) is 0 Å². The van der Waals surface area contributed by atoms with E-state index >= 15 is 0 Å². The van der Waals surface area contributed by atoms with Gasteiger partial charge in [0, 0.05) is 6.54 Å². The minimum Gasteiger partial charge on any atom is -0.480 e. The summed E-state index contributed by atoms with van der Waals surface area (Å²) in [6.07, 6.45) is 4.76. The minimum absolute atomic E-state index is 0.326. The van der Waals surface area contributed by atoms with E-state index in [1.807, 2.05) is 0 Å². The predicted molar refractivity (Wildman–Crippen MR) is 60.2 cm³/mol. The molecule has 1 saturated carbocycles. The van der Waals surface area contributed by atoms with Gasteiger partial charge in [-0.25, -0.2) is 4.79 Å². The average molecular weight is 228 g/mol. The number of carboxylic acids is 1. The van der Waals surface area contributed by atoms with Crippen molar-refractivity contribution in [1.82, 2.24) is 10.6 Å². The molecule has 0 unspecified atom stereocenters. The van der Waals surface area contributed by atoms with Crippen LogP contribution in [0.4, 0.5) is 4.79 Å². The van der Waals surface area contributed by atoms with E-state index in [1.54, 1.807) is 0 Å². The molecule has 1 rings (SSSR count). The fourth-order valence-electron chi connectivity index (χ4n) is 1.99. The van der Waals surface area contributed by atoms with Crippen molar-refractivity contribution in [2.45, 2.75) is 32.6 Å². The number of carbonyl (C=O) groups excluding carboxylic acids is 1. The minimum atomic E-state index is -1.03. The molecular formula is C11H20N2O3. The fraction of sp³-hybridized carbons (Fsp3) is 0.818. The molecule has 0 aromatic carbocycles. The van der Waals surface area contributed by atoms with Crippen molar-refractivity contribution >= 4 is 12.0 Å². The van der Waals surface area contributed by atoms with Gasteiger partial charge in [-0.3, -0.25) is 4.79 Å². The first-order chi connectivity index (χ1) is 7.58. The molecule has 0 atom stereocenters. The fourth-order valence-corrected chi connectivity index (χ4v) is 1.99. The Morgan fingerprint density at radius 1 is 1.19 bits per heavy atom. The van der Waals surface area contributed by atoms with E-state index in [2.05, 4.69) is 17.6 Å². The zero-order valence-corrected chi connectivity index (χ0v) is 9.66. The molecule has 1 aliphatic carbocycles. The topological polar surface area (TPSA) is 78.4 Å². The Bertz CT molecular complexity index is 248. The zero-order valence-electron chi connectivity index (χ0n) is 9.66. The first-order valence-electron chi connectivity index (χ1n) is 5.81. The van der Waals surface area contributed by atoms with Gasteiger partial charge in [0.15, 0.2) is 0 Å². The van der Waals surface area contributed by atoms with Gasteiger partial charge in [0.25, 0.3) is 0 Å². The molecule has 0 aromatic rings. The number of urea groups is 1. The molecule has 5 heteroatoms. The van der Waals surface area contributed by atoms with Crippen LogP contribution in [0.5, 0.6) is 0 Å². The largest absolute Gasteiger partial charge is 0.480 e. The second kappa shape index (κ2) is 6.35. The number of aliphatic carboxylic acids is 1. The Hall–Kier alpha value is -1.26. The van der Waals surface area contributed by atoms with Crippen LogP contribution in [0, 0.1) is 11.8 Å². The molecule has 0 spiro atoms. The first kappa shape index (κ1) is 12.8. The highest BCUT2D eigenvalue weighted by Gasteiger charge is 2.18. The summed E-state index contributed by atoms with van der Waals surface area (Å²) in [4.78, 5) is 21.4. The lowest BCUT2D eigenvalue weighted by atomic mass is 9.83. The van der Waals surface area contributed by atoms with Crippen LogP contribution in [0.15, 0.2) is 0 Å². The molecule has 92 valence electrons. The van der Waals surface area contributed by atoms with Crippen LogP contribution in [0.25, 0.3) is 0 Å². The summed E-state index contributed by atoms with van der Waals surface area (Å²) in [6.45, 7) is 2.58. The van der Waals surface area contributed by atoms with Gasteiger partial charge in [-0.1, -0.05) is 19.8 Å². The highest BCUT2D eigenvalue weighted by Crippen LogP contribution is 2.27. The Kier molecular flexibility index (Phi) is 5.08. The summed E-state index contributed by atoms with van der Waals surface area (Å²) in [7, 11) is 0. The zero-order chi connectivity index (χ0) is 12.0. The number of carboxylic acid groups (broad SMARTS) is 1. The SMILES string of the molecule is CC1CCC(CNC(=O)NCC(=O)O)CC1. The van der Waals surface area contributed by atoms with Crippen molar-refractivity contribution in [2.24, 2.45) is 11.8 Å². The van der Waals surface area contributed by atoms with E-state index in [0.717, 1.165) is 18.8 Å². The highest BCUT2D eigenvalue weighted by molar-refractivity contribution is 5.79. The molecule has 0 aromatic heterocycles. The number of carbonyl (C=O) groups is 2. The molecule has 1 aliphatic rings. The Balaban J connectivity index is 2.09. The van der Waals surface area contributed by atoms with Crippen LogP contribution < -0.4 is 10.6 Å². The van der Waals surface area contributed by atoms with Gasteiger partial charge < -0.3 is 15.7 Å². The highest BCUT2D eigenvalue weighted by atomic mass is 16.4. The van der Waals surface area contributed by atoms with E-state index in [1.165, 1.54) is 12.8 Å². The number of hydrogen-bond acceptors (Lipinski definition) is 2. The van der Waals surface area contributed by atoms with Gasteiger partial charge >= 0.3 is 12.0 Å². The third kappa shape index (κ3) is 5.00. The van der Waals surface area contributed by atoms with Crippen LogP contribution in [-0.4, -0.2) is 30.2 Å². The summed E-state index contributed by atoms with van der Waals surface area (Å²) in [5, 5.41) is 13.4. The van der Waals surface area contributed by atoms with Gasteiger partial charge in [-0.15, -0.1) is 0 Å². The van der Waals surface area contributed by atoms with Crippen molar-refractivity contribution in [3.8, 4) is 0 Å². The molecule has 3 N–H and O–H groups in total. The van der Waals surface area contributed by atoms with Crippen LogP contribution in [0.3, 0.4) is 0 Å². The van der Waals surface area contributed by atoms with E-state index < -0.39 is 5.97 Å². The summed E-state index contributed by atoms with van der Waals surface area (Å²) in [6, 6.07) is -0.388. The molecule has 0 aliphatic heterocycles. The summed E-state index contributed by atoms with van der Waals surface area (Å²) in [5.41, 5.74) is 0. The first-order valence-corrected chi connectivity index (χ1v) is 5.81. The molecule has 5 nitrogen and oxygen atoms in total. The van der Waals surface area contributed by atoms with E-state index in [9.17, 15) is 9.59 Å². The summed E-state index contributed by atoms with van der Waals surface area (Å²) < 4.78 is 0. The lowest BCUT2D eigenvalue weighted by Gasteiger charge is -2.26. The molecule has 2 amide bonds. The molecule has 0 saturated heterocycles. The van der Waals surface area contributed by atoms with Crippen LogP contribution in [0.1, 0.15) is 32.6 Å². The second-order valence-electron chi connectivity index (χ2n) is 4.58. The summed E-state index contributed by atoms with van der Waals surface area (Å²) >= 11 is 0. The third-order valence-electron chi connectivity index (χ3n) is 3.09. The van der Waals surface area contributed by atoms with Crippen molar-refractivity contribution < 1.29 is 14.7 Å². The van der Waals surface area contributed by atoms with Gasteiger partial charge in [-0.05, 0) is 24.7 Å². The molecular weight excluding hydrogens is 208 g/mol. The Morgan fingerprint density at radius 2 is 1.81 bits per heavy atom. The maximum absolute atomic E-state index is 11.2. The Labute approximate surface area is 95.6 Å². The maximum Gasteiger partial charge on any atom is 0.323 e. The molecule has 0 bridgehead atoms. The number of hydrogen-bond donors (Lipinski definition) is 3. The van der Waals surface area contributed by atoms with Gasteiger partial charge in [-0.2, -0.15) is 0 Å². The van der Waals surface area contributed by atoms with Crippen LogP contribution in [-0.2, 0) is 4.79 Å². The lowest BCUT2D eigenvalue weighted by Crippen LogP contribution is -2.41. The van der Waals surface area contributed by atoms with E-state index in [-0.39, 0.29) is 12.6 Å². The Morgan fingerprint density at radius 3 is 2.38 bits per heavy atom. The lowest BCUT2D eigenvalue weighted by molar-refractivity contribution is -0.135. The monoisotopic (exact) mass is 228 g/mol. The van der Waals surface area contributed by atoms with E-state index in [0.29, 0.717) is 12.5 Å². The quantitative estimate of drug-likeness (QED) is 0.676. The smallest absolute Gasteiger partial charge is 0.323 e. The summed E-state index contributed by atoms with van der Waals surface area (Å²) in [5.74, 6) is 0.325. The second-order valence-corrected chi connectivity index (χ2v) is 4.58. The number of rotatable bonds is 4. The molecule has 0 radical (unpaired) electrons. The van der Waals surface area contributed by atoms with Gasteiger partial charge in [0.05, 0.1) is 0 Å². The van der Waals surface area contributed by atoms with Gasteiger partial charge in [0.1, 0.15) is 6.54 Å². The van der Waals surface area contributed by atoms with Gasteiger partial charge in [0.2, 0.25) is 0 Å². The van der Waals surface area contributed by atoms with Crippen LogP contribution >= 0.6 is 0 Å². The predicted octanol–water partition coefficient (Wildman–Crippen LogP) is 1.20. The normalized spacial score (nSPS) is 24.8. The number of nitrogens with one attached hydrogen (secondary N) is 2. The van der Waals surface area contributed by atoms with Crippen LogP contribution in [0.2, 0.25) is 0 Å². The molecule has 1 fully saturated rings. The average Bonchev–Trinajstić information content (AvgIpc) is 2.25. The van der Waals surface area contributed by atoms with Crippen molar-refractivity contribution in [2.75, 3.05) is 13.1 Å². The molecule has 0 heterocycles. The maximum atomic E-state index is 11.2. The third-order valence-corrected chi connectivity index (χ3v) is 3.09. The van der Waals surface area contributed by atoms with Crippen molar-refractivity contribution in [3.63, 3.8) is 0 Å². The molecule has 16 heavy (non-hydrogen) atoms. The standard InChI is InChI=1S/C11H20N2O3/c1-8-2-4-9(5-3-8)6-12-11(16)13-7-10(14)15/h8-9H,2-7H2,1H3,(H,14,15)(H2,12,13,16). The number of amides is 2. The van der Waals surface area contributed by atoms with E-state index in [4.69, 9.17) is 5.11 Å². The van der Waals surface area contributed by atoms with Crippen molar-refractivity contribution in [3.05, 3.63) is 0 Å².